The molecule has 3 aromatic rings. The summed E-state index contributed by atoms with van der Waals surface area (Å²) in [7, 11) is -3.29. The van der Waals surface area contributed by atoms with E-state index in [9.17, 15) is 8.42 Å². The van der Waals surface area contributed by atoms with Crippen molar-refractivity contribution in [2.24, 2.45) is 0 Å². The number of nitrogens with zero attached hydrogens (tertiary/aromatic N) is 2. The quantitative estimate of drug-likeness (QED) is 0.490. The molecule has 0 spiro atoms. The molecule has 0 atom stereocenters. The van der Waals surface area contributed by atoms with Gasteiger partial charge in [-0.05, 0) is 49.6 Å². The standard InChI is InChI=1S/C22H23BrN2O2S2/c1-16-2-4-17(5-3-16)14-19-15-28-22(24-19)25-12-10-21(11-13-25)29(26,27)20-8-6-18(23)7-9-20/h2-9,15,21H,10-14H2,1H3. The topological polar surface area (TPSA) is 50.3 Å². The van der Waals surface area contributed by atoms with Crippen LogP contribution in [0.4, 0.5) is 5.13 Å². The molecule has 152 valence electrons. The number of aryl methyl sites for hydroxylation is 1. The number of thiazole rings is 1. The third-order valence-electron chi connectivity index (χ3n) is 5.34. The lowest BCUT2D eigenvalue weighted by atomic mass is 10.1. The second-order valence-electron chi connectivity index (χ2n) is 7.47. The monoisotopic (exact) mass is 490 g/mol. The Hall–Kier alpha value is -1.70. The molecule has 0 aliphatic carbocycles. The third kappa shape index (κ3) is 4.73. The maximum absolute atomic E-state index is 12.9. The largest absolute Gasteiger partial charge is 0.348 e. The van der Waals surface area contributed by atoms with E-state index >= 15 is 0 Å². The fourth-order valence-electron chi connectivity index (χ4n) is 3.61. The minimum absolute atomic E-state index is 0.327. The first-order valence-electron chi connectivity index (χ1n) is 9.66. The highest BCUT2D eigenvalue weighted by molar-refractivity contribution is 9.10. The zero-order valence-electron chi connectivity index (χ0n) is 16.2. The summed E-state index contributed by atoms with van der Waals surface area (Å²) in [5.74, 6) is 0. The van der Waals surface area contributed by atoms with Gasteiger partial charge in [-0.3, -0.25) is 0 Å². The second kappa shape index (κ2) is 8.58. The Balaban J connectivity index is 1.39. The molecule has 29 heavy (non-hydrogen) atoms. The summed E-state index contributed by atoms with van der Waals surface area (Å²) in [6.07, 6.45) is 2.09. The summed E-state index contributed by atoms with van der Waals surface area (Å²) < 4.78 is 26.7. The summed E-state index contributed by atoms with van der Waals surface area (Å²) in [4.78, 5) is 7.43. The van der Waals surface area contributed by atoms with Gasteiger partial charge in [-0.2, -0.15) is 0 Å². The number of anilines is 1. The van der Waals surface area contributed by atoms with Crippen LogP contribution in [0.1, 0.15) is 29.7 Å². The van der Waals surface area contributed by atoms with E-state index in [1.807, 2.05) is 0 Å². The summed E-state index contributed by atoms with van der Waals surface area (Å²) in [6, 6.07) is 15.5. The molecule has 0 radical (unpaired) electrons. The van der Waals surface area contributed by atoms with E-state index < -0.39 is 9.84 Å². The molecule has 1 aromatic heterocycles. The number of hydrogen-bond acceptors (Lipinski definition) is 5. The van der Waals surface area contributed by atoms with Crippen LogP contribution in [0, 0.1) is 6.92 Å². The number of halogens is 1. The SMILES string of the molecule is Cc1ccc(Cc2csc(N3CCC(S(=O)(=O)c4ccc(Br)cc4)CC3)n2)cc1. The van der Waals surface area contributed by atoms with Gasteiger partial charge in [0.15, 0.2) is 15.0 Å². The first-order valence-corrected chi connectivity index (χ1v) is 12.9. The number of piperidine rings is 1. The Kier molecular flexibility index (Phi) is 6.08. The number of rotatable bonds is 5. The predicted molar refractivity (Wildman–Crippen MR) is 123 cm³/mol. The van der Waals surface area contributed by atoms with Crippen molar-refractivity contribution >= 4 is 42.2 Å². The smallest absolute Gasteiger partial charge is 0.185 e. The van der Waals surface area contributed by atoms with Crippen molar-refractivity contribution in [3.05, 3.63) is 75.2 Å². The van der Waals surface area contributed by atoms with Gasteiger partial charge in [0.05, 0.1) is 15.8 Å². The van der Waals surface area contributed by atoms with Crippen molar-refractivity contribution in [3.8, 4) is 0 Å². The maximum Gasteiger partial charge on any atom is 0.185 e. The van der Waals surface area contributed by atoms with Crippen molar-refractivity contribution in [1.29, 1.82) is 0 Å². The number of hydrogen-bond donors (Lipinski definition) is 0. The van der Waals surface area contributed by atoms with Crippen molar-refractivity contribution in [2.75, 3.05) is 18.0 Å². The van der Waals surface area contributed by atoms with E-state index in [2.05, 4.69) is 57.4 Å². The Morgan fingerprint density at radius 2 is 1.72 bits per heavy atom. The molecular formula is C22H23BrN2O2S2. The molecule has 4 rings (SSSR count). The van der Waals surface area contributed by atoms with Crippen molar-refractivity contribution in [2.45, 2.75) is 36.3 Å². The van der Waals surface area contributed by atoms with Crippen LogP contribution < -0.4 is 4.90 Å². The van der Waals surface area contributed by atoms with Gasteiger partial charge in [0.2, 0.25) is 0 Å². The first kappa shape index (κ1) is 20.6. The molecule has 0 bridgehead atoms. The van der Waals surface area contributed by atoms with E-state index in [4.69, 9.17) is 4.98 Å². The van der Waals surface area contributed by atoms with E-state index in [0.29, 0.717) is 17.7 Å². The minimum Gasteiger partial charge on any atom is -0.348 e. The highest BCUT2D eigenvalue weighted by atomic mass is 79.9. The Morgan fingerprint density at radius 1 is 1.07 bits per heavy atom. The average molecular weight is 491 g/mol. The number of sulfone groups is 1. The maximum atomic E-state index is 12.9. The lowest BCUT2D eigenvalue weighted by molar-refractivity contribution is 0.529. The molecule has 0 amide bonds. The van der Waals surface area contributed by atoms with Crippen LogP contribution in [-0.2, 0) is 16.3 Å². The van der Waals surface area contributed by atoms with Gasteiger partial charge < -0.3 is 4.90 Å². The Morgan fingerprint density at radius 3 is 2.38 bits per heavy atom. The molecule has 4 nitrogen and oxygen atoms in total. The van der Waals surface area contributed by atoms with Gasteiger partial charge in [0.1, 0.15) is 0 Å². The van der Waals surface area contributed by atoms with Gasteiger partial charge in [-0.1, -0.05) is 45.8 Å². The molecule has 1 aliphatic heterocycles. The fraction of sp³-hybridized carbons (Fsp3) is 0.318. The van der Waals surface area contributed by atoms with Crippen LogP contribution in [0.2, 0.25) is 0 Å². The van der Waals surface area contributed by atoms with E-state index in [-0.39, 0.29) is 5.25 Å². The molecule has 0 unspecified atom stereocenters. The molecule has 0 saturated carbocycles. The van der Waals surface area contributed by atoms with Gasteiger partial charge in [-0.25, -0.2) is 13.4 Å². The van der Waals surface area contributed by atoms with Gasteiger partial charge in [-0.15, -0.1) is 11.3 Å². The summed E-state index contributed by atoms with van der Waals surface area (Å²) in [6.45, 7) is 3.53. The molecule has 1 fully saturated rings. The predicted octanol–water partition coefficient (Wildman–Crippen LogP) is 5.25. The van der Waals surface area contributed by atoms with Crippen LogP contribution in [-0.4, -0.2) is 31.7 Å². The molecule has 2 heterocycles. The first-order chi connectivity index (χ1) is 13.9. The molecule has 2 aromatic carbocycles. The molecule has 0 N–H and O–H groups in total. The van der Waals surface area contributed by atoms with Crippen molar-refractivity contribution in [3.63, 3.8) is 0 Å². The molecule has 7 heteroatoms. The average Bonchev–Trinajstić information content (AvgIpc) is 3.19. The number of aromatic nitrogens is 1. The van der Waals surface area contributed by atoms with E-state index in [1.54, 1.807) is 35.6 Å². The highest BCUT2D eigenvalue weighted by Gasteiger charge is 2.32. The van der Waals surface area contributed by atoms with Crippen LogP contribution >= 0.6 is 27.3 Å². The minimum atomic E-state index is -3.29. The zero-order chi connectivity index (χ0) is 20.4. The molecular weight excluding hydrogens is 468 g/mol. The number of benzene rings is 2. The lowest BCUT2D eigenvalue weighted by Gasteiger charge is -2.31. The Bertz CT molecular complexity index is 1070. The normalized spacial score (nSPS) is 15.6. The Labute approximate surface area is 184 Å². The zero-order valence-corrected chi connectivity index (χ0v) is 19.4. The summed E-state index contributed by atoms with van der Waals surface area (Å²) in [5, 5.41) is 2.78. The lowest BCUT2D eigenvalue weighted by Crippen LogP contribution is -2.39. The van der Waals surface area contributed by atoms with Gasteiger partial charge in [0.25, 0.3) is 0 Å². The van der Waals surface area contributed by atoms with E-state index in [0.717, 1.165) is 34.8 Å². The summed E-state index contributed by atoms with van der Waals surface area (Å²) >= 11 is 5.01. The third-order valence-corrected chi connectivity index (χ3v) is 9.10. The van der Waals surface area contributed by atoms with Gasteiger partial charge >= 0.3 is 0 Å². The fourth-order valence-corrected chi connectivity index (χ4v) is 6.49. The summed E-state index contributed by atoms with van der Waals surface area (Å²) in [5.41, 5.74) is 3.58. The van der Waals surface area contributed by atoms with Crippen molar-refractivity contribution in [1.82, 2.24) is 4.98 Å². The van der Waals surface area contributed by atoms with Crippen LogP contribution in [0.3, 0.4) is 0 Å². The van der Waals surface area contributed by atoms with Crippen LogP contribution in [0.15, 0.2) is 63.3 Å². The molecule has 1 aliphatic rings. The van der Waals surface area contributed by atoms with E-state index in [1.165, 1.54) is 11.1 Å². The highest BCUT2D eigenvalue weighted by Crippen LogP contribution is 2.30. The van der Waals surface area contributed by atoms with Crippen LogP contribution in [0.25, 0.3) is 0 Å². The second-order valence-corrected chi connectivity index (χ2v) is 11.4. The van der Waals surface area contributed by atoms with Crippen LogP contribution in [0.5, 0.6) is 0 Å². The van der Waals surface area contributed by atoms with Gasteiger partial charge in [0, 0.05) is 29.4 Å². The van der Waals surface area contributed by atoms with Crippen molar-refractivity contribution < 1.29 is 8.42 Å². The molecule has 1 saturated heterocycles.